The highest BCUT2D eigenvalue weighted by molar-refractivity contribution is 5.59. The van der Waals surface area contributed by atoms with E-state index in [1.54, 1.807) is 0 Å². The number of carbonyl (C=O) groups excluding carboxylic acids is 1. The van der Waals surface area contributed by atoms with Gasteiger partial charge in [-0.15, -0.1) is 0 Å². The molecule has 2 fully saturated rings. The predicted molar refractivity (Wildman–Crippen MR) is 67.3 cm³/mol. The Balaban J connectivity index is 2.35. The Morgan fingerprint density at radius 2 is 1.19 bits per heavy atom. The van der Waals surface area contributed by atoms with Crippen LogP contribution in [0, 0.1) is 21.7 Å². The number of hydrogen-bond donors (Lipinski definition) is 0. The normalized spacial score (nSPS) is 51.1. The van der Waals surface area contributed by atoms with Crippen molar-refractivity contribution in [1.29, 1.82) is 0 Å². The lowest BCUT2D eigenvalue weighted by molar-refractivity contribution is -0.134. The zero-order valence-electron chi connectivity index (χ0n) is 11.5. The van der Waals surface area contributed by atoms with Gasteiger partial charge in [0.25, 0.3) is 0 Å². The minimum Gasteiger partial charge on any atom is -0.303 e. The first-order valence-electron chi connectivity index (χ1n) is 6.56. The molecule has 2 bridgehead atoms. The summed E-state index contributed by atoms with van der Waals surface area (Å²) in [4.78, 5) is 11.4. The number of carbonyl (C=O) groups is 1. The van der Waals surface area contributed by atoms with Gasteiger partial charge in [0.05, 0.1) is 0 Å². The smallest absolute Gasteiger partial charge is 0.125 e. The molecule has 0 amide bonds. The summed E-state index contributed by atoms with van der Waals surface area (Å²) in [5.74, 6) is 0. The summed E-state index contributed by atoms with van der Waals surface area (Å²) in [5.41, 5.74) is 1.14. The van der Waals surface area contributed by atoms with Crippen LogP contribution in [0.3, 0.4) is 0 Å². The van der Waals surface area contributed by atoms with Gasteiger partial charge in [0.2, 0.25) is 0 Å². The van der Waals surface area contributed by atoms with Crippen LogP contribution in [-0.4, -0.2) is 6.29 Å². The Kier molecular flexibility index (Phi) is 2.36. The van der Waals surface area contributed by atoms with Gasteiger partial charge in [0.1, 0.15) is 6.29 Å². The second-order valence-corrected chi connectivity index (χ2v) is 8.44. The molecule has 0 heterocycles. The van der Waals surface area contributed by atoms with E-state index in [1.807, 2.05) is 0 Å². The highest BCUT2D eigenvalue weighted by atomic mass is 16.1. The summed E-state index contributed by atoms with van der Waals surface area (Å²) in [5, 5.41) is 0. The van der Waals surface area contributed by atoms with Crippen LogP contribution in [0.25, 0.3) is 0 Å². The Hall–Kier alpha value is -0.330. The van der Waals surface area contributed by atoms with Crippen LogP contribution in [0.5, 0.6) is 0 Å². The van der Waals surface area contributed by atoms with E-state index in [0.29, 0.717) is 16.2 Å². The fourth-order valence-corrected chi connectivity index (χ4v) is 5.87. The van der Waals surface area contributed by atoms with Crippen LogP contribution in [-0.2, 0) is 4.79 Å². The Morgan fingerprint density at radius 1 is 0.750 bits per heavy atom. The van der Waals surface area contributed by atoms with Gasteiger partial charge in [-0.2, -0.15) is 0 Å². The first-order chi connectivity index (χ1) is 7.10. The number of rotatable bonds is 1. The minimum absolute atomic E-state index is 0.0712. The molecule has 2 aliphatic rings. The van der Waals surface area contributed by atoms with Crippen LogP contribution in [0.1, 0.15) is 66.7 Å². The van der Waals surface area contributed by atoms with Crippen molar-refractivity contribution in [3.63, 3.8) is 0 Å². The fraction of sp³-hybridized carbons (Fsp3) is 0.933. The molecule has 2 unspecified atom stereocenters. The van der Waals surface area contributed by atoms with Crippen molar-refractivity contribution in [3.8, 4) is 0 Å². The summed E-state index contributed by atoms with van der Waals surface area (Å²) >= 11 is 0. The third-order valence-corrected chi connectivity index (χ3v) is 4.61. The third kappa shape index (κ3) is 2.06. The maximum Gasteiger partial charge on any atom is 0.125 e. The van der Waals surface area contributed by atoms with Crippen LogP contribution >= 0.6 is 0 Å². The topological polar surface area (TPSA) is 17.1 Å². The van der Waals surface area contributed by atoms with Gasteiger partial charge in [-0.25, -0.2) is 0 Å². The molecule has 0 spiro atoms. The Morgan fingerprint density at radius 3 is 1.56 bits per heavy atom. The molecule has 2 atom stereocenters. The van der Waals surface area contributed by atoms with E-state index in [1.165, 1.54) is 25.5 Å². The molecule has 16 heavy (non-hydrogen) atoms. The molecule has 0 radical (unpaired) electrons. The standard InChI is InChI=1S/C15H26O/c1-12(2)6-13(3)8-14(4,7-12)10-15(5,9-13)11-16/h11H,6-10H2,1-5H3. The van der Waals surface area contributed by atoms with Crippen molar-refractivity contribution >= 4 is 6.29 Å². The van der Waals surface area contributed by atoms with E-state index in [4.69, 9.17) is 0 Å². The van der Waals surface area contributed by atoms with Gasteiger partial charge >= 0.3 is 0 Å². The second kappa shape index (κ2) is 3.11. The van der Waals surface area contributed by atoms with Crippen LogP contribution in [0.4, 0.5) is 0 Å². The van der Waals surface area contributed by atoms with E-state index in [0.717, 1.165) is 12.8 Å². The van der Waals surface area contributed by atoms with Crippen molar-refractivity contribution in [2.45, 2.75) is 66.7 Å². The molecule has 92 valence electrons. The van der Waals surface area contributed by atoms with Gasteiger partial charge < -0.3 is 4.79 Å². The van der Waals surface area contributed by atoms with Crippen molar-refractivity contribution in [2.75, 3.05) is 0 Å². The van der Waals surface area contributed by atoms with Gasteiger partial charge in [-0.05, 0) is 48.3 Å². The molecule has 0 aliphatic heterocycles. The lowest BCUT2D eigenvalue weighted by atomic mass is 9.45. The summed E-state index contributed by atoms with van der Waals surface area (Å²) in [6.45, 7) is 11.7. The van der Waals surface area contributed by atoms with E-state index in [-0.39, 0.29) is 5.41 Å². The quantitative estimate of drug-likeness (QED) is 0.607. The summed E-state index contributed by atoms with van der Waals surface area (Å²) in [6.07, 6.45) is 7.26. The lowest BCUT2D eigenvalue weighted by Crippen LogP contribution is -2.50. The first-order valence-corrected chi connectivity index (χ1v) is 6.56. The highest BCUT2D eigenvalue weighted by Gasteiger charge is 2.55. The molecule has 1 heteroatoms. The molecule has 0 N–H and O–H groups in total. The van der Waals surface area contributed by atoms with E-state index in [9.17, 15) is 4.79 Å². The average molecular weight is 222 g/mol. The van der Waals surface area contributed by atoms with Crippen LogP contribution in [0.2, 0.25) is 0 Å². The van der Waals surface area contributed by atoms with Crippen molar-refractivity contribution in [3.05, 3.63) is 0 Å². The van der Waals surface area contributed by atoms with Gasteiger partial charge in [-0.3, -0.25) is 0 Å². The van der Waals surface area contributed by atoms with Crippen molar-refractivity contribution in [1.82, 2.24) is 0 Å². The molecule has 1 nitrogen and oxygen atoms in total. The molecule has 0 aromatic carbocycles. The maximum absolute atomic E-state index is 11.4. The number of hydrogen-bond acceptors (Lipinski definition) is 1. The summed E-state index contributed by atoms with van der Waals surface area (Å²) < 4.78 is 0. The third-order valence-electron chi connectivity index (χ3n) is 4.61. The van der Waals surface area contributed by atoms with Crippen molar-refractivity contribution in [2.24, 2.45) is 21.7 Å². The minimum atomic E-state index is -0.0712. The monoisotopic (exact) mass is 222 g/mol. The van der Waals surface area contributed by atoms with E-state index < -0.39 is 0 Å². The van der Waals surface area contributed by atoms with Gasteiger partial charge in [-0.1, -0.05) is 34.6 Å². The Labute approximate surface area is 100.0 Å². The van der Waals surface area contributed by atoms with Crippen molar-refractivity contribution < 1.29 is 4.79 Å². The molecule has 2 saturated carbocycles. The molecule has 0 saturated heterocycles. The number of aldehydes is 1. The molecule has 2 rings (SSSR count). The molecule has 0 aromatic rings. The van der Waals surface area contributed by atoms with Gasteiger partial charge in [0.15, 0.2) is 0 Å². The van der Waals surface area contributed by atoms with Gasteiger partial charge in [0, 0.05) is 5.41 Å². The largest absolute Gasteiger partial charge is 0.303 e. The molecule has 0 aromatic heterocycles. The number of fused-ring (bicyclic) bond motifs is 2. The molecule has 2 aliphatic carbocycles. The Bertz CT molecular complexity index is 287. The van der Waals surface area contributed by atoms with E-state index >= 15 is 0 Å². The summed E-state index contributed by atoms with van der Waals surface area (Å²) in [7, 11) is 0. The predicted octanol–water partition coefficient (Wildman–Crippen LogP) is 4.21. The lowest BCUT2D eigenvalue weighted by Gasteiger charge is -2.59. The average Bonchev–Trinajstić information content (AvgIpc) is 1.94. The SMILES string of the molecule is CC1(C)CC2(C)CC(C)(C=O)CC(C)(C1)C2. The van der Waals surface area contributed by atoms with Crippen LogP contribution in [0.15, 0.2) is 0 Å². The van der Waals surface area contributed by atoms with Crippen LogP contribution < -0.4 is 0 Å². The summed E-state index contributed by atoms with van der Waals surface area (Å²) in [6, 6.07) is 0. The first kappa shape index (κ1) is 12.1. The molecular weight excluding hydrogens is 196 g/mol. The zero-order valence-corrected chi connectivity index (χ0v) is 11.5. The van der Waals surface area contributed by atoms with E-state index in [2.05, 4.69) is 34.6 Å². The highest BCUT2D eigenvalue weighted by Crippen LogP contribution is 2.64. The fourth-order valence-electron chi connectivity index (χ4n) is 5.87. The molecular formula is C15H26O. The second-order valence-electron chi connectivity index (χ2n) is 8.44. The zero-order chi connectivity index (χ0) is 12.2. The maximum atomic E-state index is 11.4.